The second-order valence-electron chi connectivity index (χ2n) is 5.76. The molecule has 0 spiro atoms. The monoisotopic (exact) mass is 292 g/mol. The molecule has 0 amide bonds. The molecule has 0 aliphatic carbocycles. The van der Waals surface area contributed by atoms with Gasteiger partial charge in [0.1, 0.15) is 0 Å². The van der Waals surface area contributed by atoms with E-state index in [1.807, 2.05) is 26.0 Å². The standard InChI is InChI=1S/C13H28ClN.C3H9N/c1-2-3-4-5-6-7-8-9-10-11-12-13-15-14;1-4(2)3/h15H,2-13H2,1H3;1-3H3. The first-order valence-electron chi connectivity index (χ1n) is 8.09. The molecule has 19 heavy (non-hydrogen) atoms. The summed E-state index contributed by atoms with van der Waals surface area (Å²) in [7, 11) is 6.00. The average molecular weight is 293 g/mol. The lowest BCUT2D eigenvalue weighted by Crippen LogP contribution is -1.99. The molecule has 0 aliphatic rings. The zero-order valence-corrected chi connectivity index (χ0v) is 14.6. The van der Waals surface area contributed by atoms with Crippen LogP contribution in [0.1, 0.15) is 77.6 Å². The first kappa shape index (κ1) is 21.5. The molecule has 0 saturated heterocycles. The summed E-state index contributed by atoms with van der Waals surface area (Å²) in [6.45, 7) is 3.23. The van der Waals surface area contributed by atoms with E-state index in [0.717, 1.165) is 6.54 Å². The van der Waals surface area contributed by atoms with Gasteiger partial charge in [0.15, 0.2) is 0 Å². The predicted molar refractivity (Wildman–Crippen MR) is 89.9 cm³/mol. The highest BCUT2D eigenvalue weighted by Gasteiger charge is 1.92. The van der Waals surface area contributed by atoms with Crippen LogP contribution in [0.25, 0.3) is 0 Å². The number of hydrogen-bond acceptors (Lipinski definition) is 2. The van der Waals surface area contributed by atoms with Crippen molar-refractivity contribution in [3.63, 3.8) is 0 Å². The third-order valence-corrected chi connectivity index (χ3v) is 3.06. The van der Waals surface area contributed by atoms with E-state index in [2.05, 4.69) is 11.8 Å². The second-order valence-corrected chi connectivity index (χ2v) is 6.03. The lowest BCUT2D eigenvalue weighted by atomic mass is 10.1. The molecule has 0 aromatic carbocycles. The molecule has 0 radical (unpaired) electrons. The molecule has 0 rings (SSSR count). The molecule has 0 bridgehead atoms. The van der Waals surface area contributed by atoms with Gasteiger partial charge in [0.2, 0.25) is 0 Å². The zero-order valence-electron chi connectivity index (χ0n) is 13.8. The molecule has 118 valence electrons. The second kappa shape index (κ2) is 20.5. The van der Waals surface area contributed by atoms with Crippen molar-refractivity contribution in [1.82, 2.24) is 9.74 Å². The van der Waals surface area contributed by atoms with Gasteiger partial charge in [0.25, 0.3) is 0 Å². The van der Waals surface area contributed by atoms with Gasteiger partial charge in [-0.25, -0.2) is 4.84 Å². The highest BCUT2D eigenvalue weighted by Crippen LogP contribution is 2.10. The molecule has 0 aromatic rings. The largest absolute Gasteiger partial charge is 0.312 e. The van der Waals surface area contributed by atoms with Crippen molar-refractivity contribution >= 4 is 11.8 Å². The van der Waals surface area contributed by atoms with Gasteiger partial charge in [0.05, 0.1) is 0 Å². The summed E-state index contributed by atoms with van der Waals surface area (Å²) < 4.78 is 0. The first-order chi connectivity index (χ1) is 9.15. The molecule has 0 aromatic heterocycles. The quantitative estimate of drug-likeness (QED) is 0.392. The average Bonchev–Trinajstić information content (AvgIpc) is 2.35. The molecule has 0 atom stereocenters. The van der Waals surface area contributed by atoms with E-state index in [9.17, 15) is 0 Å². The van der Waals surface area contributed by atoms with Crippen LogP contribution >= 0.6 is 11.8 Å². The van der Waals surface area contributed by atoms with Crippen molar-refractivity contribution in [2.24, 2.45) is 0 Å². The molecule has 1 N–H and O–H groups in total. The Hall–Kier alpha value is 0.210. The Morgan fingerprint density at radius 3 is 1.32 bits per heavy atom. The van der Waals surface area contributed by atoms with Gasteiger partial charge in [-0.3, -0.25) is 0 Å². The van der Waals surface area contributed by atoms with E-state index in [1.165, 1.54) is 70.6 Å². The van der Waals surface area contributed by atoms with Gasteiger partial charge < -0.3 is 4.90 Å². The molecule has 0 heterocycles. The molecular weight excluding hydrogens is 256 g/mol. The van der Waals surface area contributed by atoms with E-state index in [-0.39, 0.29) is 0 Å². The summed E-state index contributed by atoms with van der Waals surface area (Å²) in [5.41, 5.74) is 0. The number of halogens is 1. The number of unbranched alkanes of at least 4 members (excludes halogenated alkanes) is 10. The molecular formula is C16H37ClN2. The van der Waals surface area contributed by atoms with Crippen molar-refractivity contribution in [2.45, 2.75) is 77.6 Å². The molecule has 2 nitrogen and oxygen atoms in total. The van der Waals surface area contributed by atoms with Crippen LogP contribution < -0.4 is 4.84 Å². The van der Waals surface area contributed by atoms with Gasteiger partial charge in [0, 0.05) is 6.54 Å². The molecule has 0 fully saturated rings. The van der Waals surface area contributed by atoms with Crippen molar-refractivity contribution < 1.29 is 0 Å². The van der Waals surface area contributed by atoms with Gasteiger partial charge in [-0.1, -0.05) is 71.1 Å². The Labute approximate surface area is 127 Å². The van der Waals surface area contributed by atoms with Crippen LogP contribution in [-0.2, 0) is 0 Å². The van der Waals surface area contributed by atoms with Crippen molar-refractivity contribution in [1.29, 1.82) is 0 Å². The first-order valence-corrected chi connectivity index (χ1v) is 8.47. The van der Waals surface area contributed by atoms with Crippen LogP contribution in [0.2, 0.25) is 0 Å². The van der Waals surface area contributed by atoms with Crippen molar-refractivity contribution in [3.8, 4) is 0 Å². The highest BCUT2D eigenvalue weighted by atomic mass is 35.5. The summed E-state index contributed by atoms with van der Waals surface area (Å²) in [6.07, 6.45) is 15.3. The van der Waals surface area contributed by atoms with Gasteiger partial charge >= 0.3 is 0 Å². The molecule has 0 saturated carbocycles. The van der Waals surface area contributed by atoms with E-state index in [1.54, 1.807) is 0 Å². The third kappa shape index (κ3) is 32.1. The molecule has 0 unspecified atom stereocenters. The Kier molecular flexibility index (Phi) is 23.2. The number of hydrogen-bond donors (Lipinski definition) is 1. The summed E-state index contributed by atoms with van der Waals surface area (Å²) in [6, 6.07) is 0. The maximum absolute atomic E-state index is 5.37. The maximum Gasteiger partial charge on any atom is 0.0108 e. The van der Waals surface area contributed by atoms with Crippen LogP contribution in [0, 0.1) is 0 Å². The highest BCUT2D eigenvalue weighted by molar-refractivity contribution is 6.13. The number of nitrogens with zero attached hydrogens (tertiary/aromatic N) is 1. The summed E-state index contributed by atoms with van der Waals surface area (Å²) in [5, 5.41) is 0. The van der Waals surface area contributed by atoms with Crippen LogP contribution in [-0.4, -0.2) is 32.6 Å². The van der Waals surface area contributed by atoms with E-state index >= 15 is 0 Å². The summed E-state index contributed by atoms with van der Waals surface area (Å²) >= 11 is 5.37. The Bertz CT molecular complexity index is 126. The lowest BCUT2D eigenvalue weighted by molar-refractivity contribution is 0.505. The smallest absolute Gasteiger partial charge is 0.0108 e. The molecule has 0 aliphatic heterocycles. The van der Waals surface area contributed by atoms with Crippen LogP contribution in [0.3, 0.4) is 0 Å². The van der Waals surface area contributed by atoms with E-state index in [0.29, 0.717) is 0 Å². The Balaban J connectivity index is 0. The summed E-state index contributed by atoms with van der Waals surface area (Å²) in [5.74, 6) is 0. The minimum Gasteiger partial charge on any atom is -0.312 e. The number of rotatable bonds is 12. The Morgan fingerprint density at radius 1 is 0.684 bits per heavy atom. The van der Waals surface area contributed by atoms with Crippen LogP contribution in [0.15, 0.2) is 0 Å². The molecule has 3 heteroatoms. The van der Waals surface area contributed by atoms with Crippen molar-refractivity contribution in [2.75, 3.05) is 27.7 Å². The fourth-order valence-electron chi connectivity index (χ4n) is 1.86. The fraction of sp³-hybridized carbons (Fsp3) is 1.00. The van der Waals surface area contributed by atoms with Gasteiger partial charge in [-0.15, -0.1) is 0 Å². The lowest BCUT2D eigenvalue weighted by Gasteiger charge is -2.01. The minimum atomic E-state index is 0.957. The Morgan fingerprint density at radius 2 is 1.00 bits per heavy atom. The fourth-order valence-corrected chi connectivity index (χ4v) is 1.99. The summed E-state index contributed by atoms with van der Waals surface area (Å²) in [4.78, 5) is 4.67. The van der Waals surface area contributed by atoms with Crippen LogP contribution in [0.5, 0.6) is 0 Å². The van der Waals surface area contributed by atoms with Crippen molar-refractivity contribution in [3.05, 3.63) is 0 Å². The number of nitrogens with one attached hydrogen (secondary N) is 1. The van der Waals surface area contributed by atoms with Crippen LogP contribution in [0.4, 0.5) is 0 Å². The third-order valence-electron chi connectivity index (χ3n) is 2.87. The zero-order chi connectivity index (χ0) is 14.8. The normalized spacial score (nSPS) is 10.4. The van der Waals surface area contributed by atoms with Gasteiger partial charge in [-0.05, 0) is 39.3 Å². The van der Waals surface area contributed by atoms with E-state index in [4.69, 9.17) is 11.8 Å². The topological polar surface area (TPSA) is 15.3 Å². The minimum absolute atomic E-state index is 0.957. The van der Waals surface area contributed by atoms with Gasteiger partial charge in [-0.2, -0.15) is 0 Å². The van der Waals surface area contributed by atoms with E-state index < -0.39 is 0 Å². The SMILES string of the molecule is CCCCCCCCCCCCCNCl.CN(C)C. The maximum atomic E-state index is 5.37. The predicted octanol–water partition coefficient (Wildman–Crippen LogP) is 5.22.